The van der Waals surface area contributed by atoms with E-state index < -0.39 is 5.41 Å². The van der Waals surface area contributed by atoms with Crippen LogP contribution in [0.5, 0.6) is 0 Å². The van der Waals surface area contributed by atoms with Gasteiger partial charge in [-0.25, -0.2) is 4.90 Å². The highest BCUT2D eigenvalue weighted by molar-refractivity contribution is 9.10. The van der Waals surface area contributed by atoms with Crippen LogP contribution in [0.2, 0.25) is 10.0 Å². The van der Waals surface area contributed by atoms with Gasteiger partial charge in [0, 0.05) is 20.4 Å². The Kier molecular flexibility index (Phi) is 3.57. The molecule has 2 fully saturated rings. The number of fused-ring (bicyclic) bond motifs is 1. The molecule has 1 aliphatic heterocycles. The van der Waals surface area contributed by atoms with Crippen LogP contribution in [0.25, 0.3) is 0 Å². The summed E-state index contributed by atoms with van der Waals surface area (Å²) in [5.74, 6) is -0.780. The lowest BCUT2D eigenvalue weighted by molar-refractivity contribution is -0.125. The largest absolute Gasteiger partial charge is 0.274 e. The van der Waals surface area contributed by atoms with Gasteiger partial charge in [0.1, 0.15) is 0 Å². The van der Waals surface area contributed by atoms with Crippen LogP contribution in [0.3, 0.4) is 0 Å². The van der Waals surface area contributed by atoms with Gasteiger partial charge in [0.25, 0.3) is 0 Å². The van der Waals surface area contributed by atoms with Crippen molar-refractivity contribution in [2.24, 2.45) is 11.3 Å². The molecule has 1 saturated carbocycles. The van der Waals surface area contributed by atoms with E-state index >= 15 is 0 Å². The molecule has 0 radical (unpaired) electrons. The second-order valence-corrected chi connectivity index (χ2v) is 8.18. The maximum Gasteiger partial charge on any atom is 0.241 e. The van der Waals surface area contributed by atoms with Crippen LogP contribution in [-0.4, -0.2) is 11.8 Å². The lowest BCUT2D eigenvalue weighted by Gasteiger charge is -2.21. The number of anilines is 1. The average Bonchev–Trinajstić information content (AvgIpc) is 3.08. The van der Waals surface area contributed by atoms with Crippen molar-refractivity contribution >= 4 is 56.6 Å². The van der Waals surface area contributed by atoms with Crippen LogP contribution in [0.15, 0.2) is 46.9 Å². The highest BCUT2D eigenvalue weighted by atomic mass is 79.9. The van der Waals surface area contributed by atoms with Crippen LogP contribution in [-0.2, 0) is 9.59 Å². The number of hydrogen-bond donors (Lipinski definition) is 0. The van der Waals surface area contributed by atoms with Gasteiger partial charge in [-0.3, -0.25) is 9.59 Å². The van der Waals surface area contributed by atoms with Gasteiger partial charge in [0.2, 0.25) is 11.8 Å². The van der Waals surface area contributed by atoms with Crippen molar-refractivity contribution in [1.29, 1.82) is 0 Å². The lowest BCUT2D eigenvalue weighted by atomic mass is 10.00. The molecule has 6 heteroatoms. The van der Waals surface area contributed by atoms with E-state index in [2.05, 4.69) is 15.9 Å². The SMILES string of the molecule is CC12C(=O)N(c3cc(Cl)cc(Cl)c3)C(=O)C1C2c1ccc(Br)cc1. The number of hydrogen-bond acceptors (Lipinski definition) is 2. The van der Waals surface area contributed by atoms with E-state index in [1.807, 2.05) is 31.2 Å². The zero-order valence-electron chi connectivity index (χ0n) is 12.6. The third-order valence-electron chi connectivity index (χ3n) is 5.00. The highest BCUT2D eigenvalue weighted by Crippen LogP contribution is 2.69. The Balaban J connectivity index is 1.70. The second-order valence-electron chi connectivity index (χ2n) is 6.40. The van der Waals surface area contributed by atoms with Gasteiger partial charge >= 0.3 is 0 Å². The first kappa shape index (κ1) is 16.1. The molecule has 0 N–H and O–H groups in total. The third-order valence-corrected chi connectivity index (χ3v) is 5.97. The number of carbonyl (C=O) groups excluding carboxylic acids is 2. The maximum atomic E-state index is 13.0. The Bertz CT molecular complexity index is 863. The fourth-order valence-electron chi connectivity index (χ4n) is 3.78. The Morgan fingerprint density at radius 1 is 1.00 bits per heavy atom. The van der Waals surface area contributed by atoms with E-state index in [0.29, 0.717) is 15.7 Å². The van der Waals surface area contributed by atoms with Gasteiger partial charge in [0.15, 0.2) is 0 Å². The molecule has 4 rings (SSSR count). The molecule has 2 amide bonds. The van der Waals surface area contributed by atoms with Gasteiger partial charge in [-0.2, -0.15) is 0 Å². The lowest BCUT2D eigenvalue weighted by Crippen LogP contribution is -2.36. The minimum absolute atomic E-state index is 0.0727. The first-order valence-electron chi connectivity index (χ1n) is 7.44. The number of halogens is 3. The summed E-state index contributed by atoms with van der Waals surface area (Å²) in [6.45, 7) is 1.86. The van der Waals surface area contributed by atoms with Crippen molar-refractivity contribution in [3.05, 3.63) is 62.5 Å². The summed E-state index contributed by atoms with van der Waals surface area (Å²) >= 11 is 15.4. The predicted octanol–water partition coefficient (Wildman–Crippen LogP) is 5.05. The van der Waals surface area contributed by atoms with Crippen LogP contribution in [0.4, 0.5) is 5.69 Å². The third kappa shape index (κ3) is 2.17. The normalized spacial score (nSPS) is 28.2. The summed E-state index contributed by atoms with van der Waals surface area (Å²) in [6, 6.07) is 12.5. The van der Waals surface area contributed by atoms with E-state index in [1.54, 1.807) is 18.2 Å². The number of carbonyl (C=O) groups is 2. The molecule has 2 aromatic carbocycles. The molecular weight excluding hydrogens is 413 g/mol. The van der Waals surface area contributed by atoms with Crippen LogP contribution in [0.1, 0.15) is 18.4 Å². The van der Waals surface area contributed by atoms with E-state index in [4.69, 9.17) is 23.2 Å². The van der Waals surface area contributed by atoms with E-state index in [1.165, 1.54) is 4.90 Å². The molecule has 2 aromatic rings. The Morgan fingerprint density at radius 3 is 2.08 bits per heavy atom. The summed E-state index contributed by atoms with van der Waals surface area (Å²) in [5, 5.41) is 0.793. The number of piperidine rings is 1. The Morgan fingerprint density at radius 2 is 1.58 bits per heavy atom. The van der Waals surface area contributed by atoms with Crippen molar-refractivity contribution in [2.75, 3.05) is 4.90 Å². The molecular formula is C18H12BrCl2NO2. The number of nitrogens with zero attached hydrogens (tertiary/aromatic N) is 1. The van der Waals surface area contributed by atoms with Crippen LogP contribution >= 0.6 is 39.1 Å². The topological polar surface area (TPSA) is 37.4 Å². The molecule has 3 nitrogen and oxygen atoms in total. The van der Waals surface area contributed by atoms with Crippen molar-refractivity contribution in [2.45, 2.75) is 12.8 Å². The summed E-state index contributed by atoms with van der Waals surface area (Å²) in [7, 11) is 0. The fourth-order valence-corrected chi connectivity index (χ4v) is 4.56. The monoisotopic (exact) mass is 423 g/mol. The molecule has 2 aliphatic rings. The van der Waals surface area contributed by atoms with Gasteiger partial charge in [-0.05, 0) is 42.8 Å². The van der Waals surface area contributed by atoms with Gasteiger partial charge < -0.3 is 0 Å². The number of benzene rings is 2. The van der Waals surface area contributed by atoms with E-state index in [-0.39, 0.29) is 23.7 Å². The quantitative estimate of drug-likeness (QED) is 0.632. The van der Waals surface area contributed by atoms with Crippen molar-refractivity contribution in [1.82, 2.24) is 0 Å². The Hall–Kier alpha value is -1.36. The molecule has 1 aliphatic carbocycles. The van der Waals surface area contributed by atoms with Crippen molar-refractivity contribution in [3.8, 4) is 0 Å². The molecule has 122 valence electrons. The number of imide groups is 1. The minimum atomic E-state index is -0.695. The summed E-state index contributed by atoms with van der Waals surface area (Å²) in [6.07, 6.45) is 0. The molecule has 3 unspecified atom stereocenters. The second kappa shape index (κ2) is 5.32. The molecule has 1 heterocycles. The van der Waals surface area contributed by atoms with Crippen LogP contribution in [0, 0.1) is 11.3 Å². The van der Waals surface area contributed by atoms with Gasteiger partial charge in [0.05, 0.1) is 17.0 Å². The van der Waals surface area contributed by atoms with E-state index in [0.717, 1.165) is 10.0 Å². The van der Waals surface area contributed by atoms with Gasteiger partial charge in [-0.15, -0.1) is 0 Å². The smallest absolute Gasteiger partial charge is 0.241 e. The summed E-state index contributed by atoms with van der Waals surface area (Å²) in [4.78, 5) is 27.0. The molecule has 0 spiro atoms. The molecule has 24 heavy (non-hydrogen) atoms. The number of amides is 2. The fraction of sp³-hybridized carbons (Fsp3) is 0.222. The predicted molar refractivity (Wildman–Crippen MR) is 97.4 cm³/mol. The van der Waals surface area contributed by atoms with Gasteiger partial charge in [-0.1, -0.05) is 51.3 Å². The average molecular weight is 425 g/mol. The zero-order chi connectivity index (χ0) is 17.2. The van der Waals surface area contributed by atoms with Crippen LogP contribution < -0.4 is 4.90 Å². The molecule has 0 aromatic heterocycles. The minimum Gasteiger partial charge on any atom is -0.274 e. The first-order valence-corrected chi connectivity index (χ1v) is 8.99. The summed E-state index contributed by atoms with van der Waals surface area (Å²) in [5.41, 5.74) is 0.751. The Labute approximate surface area is 157 Å². The van der Waals surface area contributed by atoms with E-state index in [9.17, 15) is 9.59 Å². The molecule has 0 bridgehead atoms. The highest BCUT2D eigenvalue weighted by Gasteiger charge is 2.76. The van der Waals surface area contributed by atoms with Crippen molar-refractivity contribution in [3.63, 3.8) is 0 Å². The summed E-state index contributed by atoms with van der Waals surface area (Å²) < 4.78 is 0.968. The maximum absolute atomic E-state index is 13.0. The standard InChI is InChI=1S/C18H12BrCl2NO2/c1-18-14(9-2-4-10(19)5-3-9)15(18)16(23)22(17(18)24)13-7-11(20)6-12(21)8-13/h2-8,14-15H,1H3. The molecule has 3 atom stereocenters. The van der Waals surface area contributed by atoms with Crippen molar-refractivity contribution < 1.29 is 9.59 Å². The molecule has 1 saturated heterocycles. The first-order chi connectivity index (χ1) is 11.3. The zero-order valence-corrected chi connectivity index (χ0v) is 15.7. The number of rotatable bonds is 2.